The van der Waals surface area contributed by atoms with Crippen molar-refractivity contribution in [1.29, 1.82) is 0 Å². The summed E-state index contributed by atoms with van der Waals surface area (Å²) in [6.45, 7) is 9.82. The van der Waals surface area contributed by atoms with Gasteiger partial charge in [-0.15, -0.1) is 0 Å². The first-order valence-corrected chi connectivity index (χ1v) is 10.4. The largest absolute Gasteiger partial charge is 0.494 e. The molecule has 7 nitrogen and oxygen atoms in total. The van der Waals surface area contributed by atoms with Gasteiger partial charge in [-0.2, -0.15) is 0 Å². The molecule has 0 spiro atoms. The molecule has 0 aliphatic carbocycles. The molecule has 164 valence electrons. The van der Waals surface area contributed by atoms with E-state index >= 15 is 0 Å². The fourth-order valence-corrected chi connectivity index (χ4v) is 3.39. The highest BCUT2D eigenvalue weighted by Crippen LogP contribution is 2.29. The lowest BCUT2D eigenvalue weighted by Crippen LogP contribution is -2.22. The summed E-state index contributed by atoms with van der Waals surface area (Å²) in [6, 6.07) is 12.9. The van der Waals surface area contributed by atoms with Gasteiger partial charge in [0.2, 0.25) is 5.76 Å². The van der Waals surface area contributed by atoms with Crippen LogP contribution in [0.5, 0.6) is 5.75 Å². The number of carbonyl (C=O) groups is 2. The van der Waals surface area contributed by atoms with Crippen molar-refractivity contribution in [1.82, 2.24) is 0 Å². The summed E-state index contributed by atoms with van der Waals surface area (Å²) in [5, 5.41) is 3.51. The molecule has 1 amide bonds. The first-order chi connectivity index (χ1) is 15.0. The first-order valence-electron chi connectivity index (χ1n) is 10.4. The number of rotatable bonds is 9. The van der Waals surface area contributed by atoms with Crippen LogP contribution in [-0.4, -0.2) is 38.2 Å². The van der Waals surface area contributed by atoms with Gasteiger partial charge in [-0.25, -0.2) is 4.79 Å². The van der Waals surface area contributed by atoms with Crippen LogP contribution >= 0.6 is 0 Å². The zero-order valence-electron chi connectivity index (χ0n) is 18.4. The Morgan fingerprint density at radius 3 is 2.39 bits per heavy atom. The molecule has 0 unspecified atom stereocenters. The Labute approximate surface area is 181 Å². The minimum Gasteiger partial charge on any atom is -0.494 e. The van der Waals surface area contributed by atoms with Crippen LogP contribution in [0.3, 0.4) is 0 Å². The van der Waals surface area contributed by atoms with E-state index < -0.39 is 18.5 Å². The third kappa shape index (κ3) is 5.17. The van der Waals surface area contributed by atoms with Crippen LogP contribution in [0, 0.1) is 6.92 Å². The molecule has 0 atom stereocenters. The number of amides is 1. The van der Waals surface area contributed by atoms with Gasteiger partial charge in [0, 0.05) is 35.4 Å². The molecule has 0 aliphatic rings. The fourth-order valence-electron chi connectivity index (χ4n) is 3.39. The van der Waals surface area contributed by atoms with Gasteiger partial charge >= 0.3 is 5.97 Å². The molecule has 1 heterocycles. The molecular weight excluding hydrogens is 396 g/mol. The van der Waals surface area contributed by atoms with Gasteiger partial charge in [-0.1, -0.05) is 0 Å². The number of esters is 1. The van der Waals surface area contributed by atoms with Crippen LogP contribution in [0.1, 0.15) is 36.9 Å². The maximum atomic E-state index is 12.5. The Hall–Kier alpha value is -3.48. The SMILES string of the molecule is CCOc1ccc2oc(C(=O)OCC(=O)Nc3ccc(N(CC)CC)cc3)c(C)c2c1. The lowest BCUT2D eigenvalue weighted by Gasteiger charge is -2.21. The quantitative estimate of drug-likeness (QED) is 0.498. The van der Waals surface area contributed by atoms with Crippen LogP contribution in [-0.2, 0) is 9.53 Å². The maximum Gasteiger partial charge on any atom is 0.375 e. The number of carbonyl (C=O) groups excluding carboxylic acids is 2. The summed E-state index contributed by atoms with van der Waals surface area (Å²) >= 11 is 0. The zero-order chi connectivity index (χ0) is 22.4. The highest BCUT2D eigenvalue weighted by Gasteiger charge is 2.20. The normalized spacial score (nSPS) is 10.7. The van der Waals surface area contributed by atoms with E-state index in [0.717, 1.165) is 24.2 Å². The van der Waals surface area contributed by atoms with Crippen molar-refractivity contribution in [2.24, 2.45) is 0 Å². The molecule has 3 aromatic rings. The summed E-state index contributed by atoms with van der Waals surface area (Å²) in [7, 11) is 0. The molecule has 0 saturated heterocycles. The van der Waals surface area contributed by atoms with E-state index in [2.05, 4.69) is 24.1 Å². The number of nitrogens with one attached hydrogen (secondary N) is 1. The molecule has 2 aromatic carbocycles. The van der Waals surface area contributed by atoms with Gasteiger partial charge in [0.05, 0.1) is 6.61 Å². The van der Waals surface area contributed by atoms with Crippen molar-refractivity contribution < 1.29 is 23.5 Å². The summed E-state index contributed by atoms with van der Waals surface area (Å²) in [5.41, 5.74) is 2.93. The van der Waals surface area contributed by atoms with E-state index in [-0.39, 0.29) is 5.76 Å². The Morgan fingerprint density at radius 2 is 1.74 bits per heavy atom. The van der Waals surface area contributed by atoms with Crippen LogP contribution in [0.15, 0.2) is 46.9 Å². The van der Waals surface area contributed by atoms with Crippen molar-refractivity contribution in [3.63, 3.8) is 0 Å². The van der Waals surface area contributed by atoms with E-state index in [1.54, 1.807) is 19.1 Å². The van der Waals surface area contributed by atoms with Crippen LogP contribution in [0.4, 0.5) is 11.4 Å². The molecule has 31 heavy (non-hydrogen) atoms. The summed E-state index contributed by atoms with van der Waals surface area (Å²) in [6.07, 6.45) is 0. The Balaban J connectivity index is 1.60. The second kappa shape index (κ2) is 10.0. The Bertz CT molecular complexity index is 1050. The third-order valence-corrected chi connectivity index (χ3v) is 5.02. The molecule has 0 fully saturated rings. The topological polar surface area (TPSA) is 81.0 Å². The average molecular weight is 424 g/mol. The van der Waals surface area contributed by atoms with Crippen LogP contribution in [0.2, 0.25) is 0 Å². The third-order valence-electron chi connectivity index (χ3n) is 5.02. The summed E-state index contributed by atoms with van der Waals surface area (Å²) in [5.74, 6) is -0.319. The molecule has 1 aromatic heterocycles. The van der Waals surface area contributed by atoms with E-state index in [4.69, 9.17) is 13.9 Å². The van der Waals surface area contributed by atoms with Crippen molar-refractivity contribution in [2.45, 2.75) is 27.7 Å². The number of benzene rings is 2. The Kier molecular flexibility index (Phi) is 7.18. The van der Waals surface area contributed by atoms with Gasteiger partial charge in [0.25, 0.3) is 5.91 Å². The molecule has 1 N–H and O–H groups in total. The van der Waals surface area contributed by atoms with Gasteiger partial charge in [-0.05, 0) is 70.2 Å². The predicted molar refractivity (Wildman–Crippen MR) is 121 cm³/mol. The minimum atomic E-state index is -0.682. The van der Waals surface area contributed by atoms with Gasteiger partial charge in [-0.3, -0.25) is 4.79 Å². The second-order valence-electron chi connectivity index (χ2n) is 6.99. The number of fused-ring (bicyclic) bond motifs is 1. The van der Waals surface area contributed by atoms with E-state index in [0.29, 0.717) is 29.2 Å². The van der Waals surface area contributed by atoms with Crippen LogP contribution in [0.25, 0.3) is 11.0 Å². The van der Waals surface area contributed by atoms with Crippen molar-refractivity contribution in [2.75, 3.05) is 36.5 Å². The standard InChI is InChI=1S/C24H28N2O5/c1-5-26(6-2)18-10-8-17(9-11-18)25-22(27)15-30-24(28)23-16(4)20-14-19(29-7-3)12-13-21(20)31-23/h8-14H,5-7,15H2,1-4H3,(H,25,27). The number of anilines is 2. The molecule has 0 aliphatic heterocycles. The lowest BCUT2D eigenvalue weighted by atomic mass is 10.1. The van der Waals surface area contributed by atoms with Gasteiger partial charge in [0.1, 0.15) is 11.3 Å². The number of nitrogens with zero attached hydrogens (tertiary/aromatic N) is 1. The number of ether oxygens (including phenoxy) is 2. The number of hydrogen-bond acceptors (Lipinski definition) is 6. The van der Waals surface area contributed by atoms with E-state index in [1.807, 2.05) is 37.3 Å². The van der Waals surface area contributed by atoms with E-state index in [9.17, 15) is 9.59 Å². The fraction of sp³-hybridized carbons (Fsp3) is 0.333. The zero-order valence-corrected chi connectivity index (χ0v) is 18.4. The monoisotopic (exact) mass is 424 g/mol. The molecule has 0 bridgehead atoms. The highest BCUT2D eigenvalue weighted by molar-refractivity contribution is 5.98. The number of furan rings is 1. The summed E-state index contributed by atoms with van der Waals surface area (Å²) in [4.78, 5) is 26.9. The Morgan fingerprint density at radius 1 is 1.03 bits per heavy atom. The molecule has 7 heteroatoms. The van der Waals surface area contributed by atoms with Crippen molar-refractivity contribution >= 4 is 34.2 Å². The average Bonchev–Trinajstić information content (AvgIpc) is 3.10. The van der Waals surface area contributed by atoms with Crippen LogP contribution < -0.4 is 15.0 Å². The number of hydrogen-bond donors (Lipinski definition) is 1. The summed E-state index contributed by atoms with van der Waals surface area (Å²) < 4.78 is 16.3. The maximum absolute atomic E-state index is 12.5. The predicted octanol–water partition coefficient (Wildman–Crippen LogP) is 4.78. The molecule has 0 saturated carbocycles. The first kappa shape index (κ1) is 22.2. The van der Waals surface area contributed by atoms with E-state index in [1.165, 1.54) is 0 Å². The lowest BCUT2D eigenvalue weighted by molar-refractivity contribution is -0.119. The van der Waals surface area contributed by atoms with Gasteiger partial charge < -0.3 is 24.1 Å². The molecule has 3 rings (SSSR count). The second-order valence-corrected chi connectivity index (χ2v) is 6.99. The molecular formula is C24H28N2O5. The smallest absolute Gasteiger partial charge is 0.375 e. The van der Waals surface area contributed by atoms with Crippen molar-refractivity contribution in [3.8, 4) is 5.75 Å². The van der Waals surface area contributed by atoms with Gasteiger partial charge in [0.15, 0.2) is 6.61 Å². The highest BCUT2D eigenvalue weighted by atomic mass is 16.5. The number of aryl methyl sites for hydroxylation is 1. The van der Waals surface area contributed by atoms with Crippen molar-refractivity contribution in [3.05, 3.63) is 53.8 Å². The molecule has 0 radical (unpaired) electrons. The minimum absolute atomic E-state index is 0.0834.